The summed E-state index contributed by atoms with van der Waals surface area (Å²) < 4.78 is 38.9. The van der Waals surface area contributed by atoms with Gasteiger partial charge < -0.3 is 4.90 Å². The van der Waals surface area contributed by atoms with Crippen LogP contribution in [0.1, 0.15) is 26.3 Å². The minimum absolute atomic E-state index is 0.138. The van der Waals surface area contributed by atoms with Crippen molar-refractivity contribution in [2.75, 3.05) is 19.6 Å². The Morgan fingerprint density at radius 2 is 1.73 bits per heavy atom. The summed E-state index contributed by atoms with van der Waals surface area (Å²) in [5.41, 5.74) is 0.191. The topological polar surface area (TPSA) is 57.7 Å². The predicted octanol–water partition coefficient (Wildman–Crippen LogP) is 1.60. The van der Waals surface area contributed by atoms with Crippen LogP contribution in [0.15, 0.2) is 24.3 Å². The SMILES string of the molecule is CC(C)(C)N1CCN(S(=O)(=O)Cc2ccc(F)cc2)CC1=O. The average Bonchev–Trinajstić information content (AvgIpc) is 2.39. The van der Waals surface area contributed by atoms with Crippen LogP contribution in [0.25, 0.3) is 0 Å². The molecule has 0 aliphatic carbocycles. The van der Waals surface area contributed by atoms with Gasteiger partial charge in [0.2, 0.25) is 15.9 Å². The summed E-state index contributed by atoms with van der Waals surface area (Å²) in [6.07, 6.45) is 0. The monoisotopic (exact) mass is 328 g/mol. The van der Waals surface area contributed by atoms with Crippen LogP contribution in [0.5, 0.6) is 0 Å². The fourth-order valence-electron chi connectivity index (χ4n) is 2.48. The minimum Gasteiger partial charge on any atom is -0.335 e. The quantitative estimate of drug-likeness (QED) is 0.847. The molecule has 2 rings (SSSR count). The Hall–Kier alpha value is -1.47. The Bertz CT molecular complexity index is 650. The molecule has 122 valence electrons. The lowest BCUT2D eigenvalue weighted by molar-refractivity contribution is -0.139. The number of rotatable bonds is 3. The van der Waals surface area contributed by atoms with Crippen LogP contribution in [0.2, 0.25) is 0 Å². The van der Waals surface area contributed by atoms with E-state index in [4.69, 9.17) is 0 Å². The number of hydrogen-bond donors (Lipinski definition) is 0. The summed E-state index contributed by atoms with van der Waals surface area (Å²) in [6.45, 7) is 6.30. The van der Waals surface area contributed by atoms with Gasteiger partial charge in [-0.15, -0.1) is 0 Å². The molecule has 0 N–H and O–H groups in total. The van der Waals surface area contributed by atoms with Gasteiger partial charge in [0.1, 0.15) is 5.82 Å². The van der Waals surface area contributed by atoms with Crippen molar-refractivity contribution in [3.05, 3.63) is 35.6 Å². The zero-order chi connectivity index (χ0) is 16.5. The zero-order valence-corrected chi connectivity index (χ0v) is 13.9. The molecule has 1 aromatic rings. The molecule has 0 spiro atoms. The van der Waals surface area contributed by atoms with Crippen molar-refractivity contribution in [2.24, 2.45) is 0 Å². The second-order valence-electron chi connectivity index (χ2n) is 6.43. The third-order valence-electron chi connectivity index (χ3n) is 3.65. The van der Waals surface area contributed by atoms with Gasteiger partial charge in [0.15, 0.2) is 0 Å². The lowest BCUT2D eigenvalue weighted by Crippen LogP contribution is -2.58. The summed E-state index contributed by atoms with van der Waals surface area (Å²) in [6, 6.07) is 5.35. The molecule has 1 amide bonds. The smallest absolute Gasteiger partial charge is 0.238 e. The van der Waals surface area contributed by atoms with E-state index in [0.29, 0.717) is 12.1 Å². The molecule has 0 atom stereocenters. The highest BCUT2D eigenvalue weighted by molar-refractivity contribution is 7.88. The van der Waals surface area contributed by atoms with Gasteiger partial charge in [-0.2, -0.15) is 4.31 Å². The predicted molar refractivity (Wildman–Crippen MR) is 82.1 cm³/mol. The van der Waals surface area contributed by atoms with Crippen molar-refractivity contribution < 1.29 is 17.6 Å². The summed E-state index contributed by atoms with van der Waals surface area (Å²) in [5.74, 6) is -0.827. The Morgan fingerprint density at radius 3 is 2.23 bits per heavy atom. The molecule has 0 saturated carbocycles. The highest BCUT2D eigenvalue weighted by Crippen LogP contribution is 2.20. The maximum atomic E-state index is 12.9. The second-order valence-corrected chi connectivity index (χ2v) is 8.40. The molecule has 1 aromatic carbocycles. The van der Waals surface area contributed by atoms with Crippen molar-refractivity contribution in [1.82, 2.24) is 9.21 Å². The van der Waals surface area contributed by atoms with E-state index in [1.54, 1.807) is 4.90 Å². The van der Waals surface area contributed by atoms with E-state index < -0.39 is 15.8 Å². The number of amides is 1. The summed E-state index contributed by atoms with van der Waals surface area (Å²) in [7, 11) is -3.59. The molecule has 1 aliphatic heterocycles. The Balaban J connectivity index is 2.08. The Morgan fingerprint density at radius 1 is 1.14 bits per heavy atom. The summed E-state index contributed by atoms with van der Waals surface area (Å²) in [5, 5.41) is 0. The van der Waals surface area contributed by atoms with E-state index in [1.165, 1.54) is 28.6 Å². The first-order valence-corrected chi connectivity index (χ1v) is 8.73. The van der Waals surface area contributed by atoms with E-state index in [1.807, 2.05) is 20.8 Å². The largest absolute Gasteiger partial charge is 0.335 e. The molecule has 1 heterocycles. The van der Waals surface area contributed by atoms with Crippen molar-refractivity contribution in [2.45, 2.75) is 32.1 Å². The van der Waals surface area contributed by atoms with Gasteiger partial charge in [-0.25, -0.2) is 12.8 Å². The first-order chi connectivity index (χ1) is 10.1. The van der Waals surface area contributed by atoms with Crippen molar-refractivity contribution in [1.29, 1.82) is 0 Å². The third kappa shape index (κ3) is 3.84. The highest BCUT2D eigenvalue weighted by atomic mass is 32.2. The van der Waals surface area contributed by atoms with Crippen LogP contribution in [0.3, 0.4) is 0 Å². The molecule has 5 nitrogen and oxygen atoms in total. The first-order valence-electron chi connectivity index (χ1n) is 7.12. The van der Waals surface area contributed by atoms with Crippen LogP contribution >= 0.6 is 0 Å². The van der Waals surface area contributed by atoms with Gasteiger partial charge in [0.05, 0.1) is 12.3 Å². The number of piperazine rings is 1. The summed E-state index contributed by atoms with van der Waals surface area (Å²) >= 11 is 0. The van der Waals surface area contributed by atoms with Crippen LogP contribution in [0.4, 0.5) is 4.39 Å². The van der Waals surface area contributed by atoms with Crippen LogP contribution in [0, 0.1) is 5.82 Å². The molecule has 1 fully saturated rings. The fraction of sp³-hybridized carbons (Fsp3) is 0.533. The van der Waals surface area contributed by atoms with Gasteiger partial charge in [0.25, 0.3) is 0 Å². The lowest BCUT2D eigenvalue weighted by Gasteiger charge is -2.41. The molecule has 0 aromatic heterocycles. The highest BCUT2D eigenvalue weighted by Gasteiger charge is 2.36. The third-order valence-corrected chi connectivity index (χ3v) is 5.45. The average molecular weight is 328 g/mol. The standard InChI is InChI=1S/C15H21FN2O3S/c1-15(2,3)18-9-8-17(10-14(18)19)22(20,21)11-12-4-6-13(16)7-5-12/h4-7H,8-11H2,1-3H3. The number of benzene rings is 1. The molecule has 7 heteroatoms. The number of carbonyl (C=O) groups excluding carboxylic acids is 1. The number of sulfonamides is 1. The summed E-state index contributed by atoms with van der Waals surface area (Å²) in [4.78, 5) is 13.9. The van der Waals surface area contributed by atoms with Gasteiger partial charge in [-0.05, 0) is 38.5 Å². The molecule has 1 aliphatic rings. The lowest BCUT2D eigenvalue weighted by atomic mass is 10.1. The number of carbonyl (C=O) groups is 1. The number of hydrogen-bond acceptors (Lipinski definition) is 3. The van der Waals surface area contributed by atoms with Crippen LogP contribution in [-0.2, 0) is 20.6 Å². The first kappa shape index (κ1) is 16.9. The zero-order valence-electron chi connectivity index (χ0n) is 13.0. The molecular weight excluding hydrogens is 307 g/mol. The number of halogens is 1. The van der Waals surface area contributed by atoms with Gasteiger partial charge >= 0.3 is 0 Å². The number of nitrogens with zero attached hydrogens (tertiary/aromatic N) is 2. The maximum absolute atomic E-state index is 12.9. The van der Waals surface area contributed by atoms with Gasteiger partial charge in [0, 0.05) is 18.6 Å². The molecule has 1 saturated heterocycles. The van der Waals surface area contributed by atoms with Crippen LogP contribution in [-0.4, -0.2) is 48.7 Å². The molecule has 0 radical (unpaired) electrons. The van der Waals surface area contributed by atoms with E-state index in [2.05, 4.69) is 0 Å². The molecule has 22 heavy (non-hydrogen) atoms. The molecule has 0 bridgehead atoms. The maximum Gasteiger partial charge on any atom is 0.238 e. The normalized spacial score (nSPS) is 17.8. The van der Waals surface area contributed by atoms with E-state index in [-0.39, 0.29) is 30.3 Å². The Labute approximate surface area is 130 Å². The van der Waals surface area contributed by atoms with E-state index >= 15 is 0 Å². The second kappa shape index (κ2) is 5.96. The fourth-order valence-corrected chi connectivity index (χ4v) is 3.94. The minimum atomic E-state index is -3.59. The van der Waals surface area contributed by atoms with Gasteiger partial charge in [-0.3, -0.25) is 4.79 Å². The van der Waals surface area contributed by atoms with Crippen molar-refractivity contribution in [3.8, 4) is 0 Å². The molecular formula is C15H21FN2O3S. The van der Waals surface area contributed by atoms with E-state index in [0.717, 1.165) is 0 Å². The molecule has 0 unspecified atom stereocenters. The van der Waals surface area contributed by atoms with Crippen LogP contribution < -0.4 is 0 Å². The Kier molecular flexibility index (Phi) is 4.58. The van der Waals surface area contributed by atoms with Gasteiger partial charge in [-0.1, -0.05) is 12.1 Å². The van der Waals surface area contributed by atoms with Crippen molar-refractivity contribution in [3.63, 3.8) is 0 Å². The van der Waals surface area contributed by atoms with E-state index in [9.17, 15) is 17.6 Å². The van der Waals surface area contributed by atoms with Crippen molar-refractivity contribution >= 4 is 15.9 Å².